The molecule has 0 radical (unpaired) electrons. The van der Waals surface area contributed by atoms with Crippen molar-refractivity contribution in [3.63, 3.8) is 0 Å². The van der Waals surface area contributed by atoms with Crippen molar-refractivity contribution in [3.8, 4) is 57.3 Å². The third-order valence-electron chi connectivity index (χ3n) is 10.9. The fourth-order valence-corrected chi connectivity index (χ4v) is 8.32. The van der Waals surface area contributed by atoms with E-state index in [1.54, 1.807) is 0 Å². The van der Waals surface area contributed by atoms with Crippen LogP contribution in [0.5, 0.6) is 46.0 Å². The van der Waals surface area contributed by atoms with Crippen LogP contribution in [-0.2, 0) is 0 Å². The Morgan fingerprint density at radius 3 is 0.971 bits per heavy atom. The van der Waals surface area contributed by atoms with Crippen LogP contribution in [-0.4, -0.2) is 4.98 Å². The molecule has 0 fully saturated rings. The van der Waals surface area contributed by atoms with Gasteiger partial charge in [-0.1, -0.05) is 174 Å². The van der Waals surface area contributed by atoms with E-state index in [0.29, 0.717) is 79.6 Å². The number of rotatable bonds is 15. The van der Waals surface area contributed by atoms with E-state index in [1.807, 2.05) is 252 Å². The molecule has 1 heterocycles. The first-order valence-corrected chi connectivity index (χ1v) is 23.1. The van der Waals surface area contributed by atoms with Crippen LogP contribution >= 0.6 is 34.8 Å². The summed E-state index contributed by atoms with van der Waals surface area (Å²) >= 11 is 22.4. The van der Waals surface area contributed by atoms with Crippen LogP contribution < -0.4 is 28.7 Å². The SMILES string of the molecule is Clc1c(Oc2ccccc2)cc(N(c2ccccc2)c2cc(-c3ccccc3)nc(N(c3ccccc3)c3cc(Oc4ccccc4)c(Cl)c(Oc4ccccc4)c3)c2Cl)cc1Oc1ccccc1. The summed E-state index contributed by atoms with van der Waals surface area (Å²) in [6, 6.07) is 77.1. The lowest BCUT2D eigenvalue weighted by Crippen LogP contribution is -2.16. The zero-order chi connectivity index (χ0) is 46.9. The van der Waals surface area contributed by atoms with Crippen LogP contribution in [0.1, 0.15) is 0 Å². The summed E-state index contributed by atoms with van der Waals surface area (Å²) in [5, 5.41) is 0.864. The van der Waals surface area contributed by atoms with E-state index < -0.39 is 0 Å². The number of hydrogen-bond acceptors (Lipinski definition) is 7. The Hall–Kier alpha value is -8.20. The predicted molar refractivity (Wildman–Crippen MR) is 280 cm³/mol. The maximum absolute atomic E-state index is 7.98. The molecule has 0 bridgehead atoms. The zero-order valence-corrected chi connectivity index (χ0v) is 39.0. The van der Waals surface area contributed by atoms with Gasteiger partial charge in [-0.3, -0.25) is 4.90 Å². The van der Waals surface area contributed by atoms with Gasteiger partial charge in [0, 0.05) is 41.2 Å². The first-order chi connectivity index (χ1) is 33.9. The van der Waals surface area contributed by atoms with Crippen molar-refractivity contribution >= 4 is 69.1 Å². The average Bonchev–Trinajstić information content (AvgIpc) is 3.40. The number of benzene rings is 9. The minimum atomic E-state index is 0.275. The summed E-state index contributed by atoms with van der Waals surface area (Å²) in [6.07, 6.45) is 0. The van der Waals surface area contributed by atoms with E-state index in [4.69, 9.17) is 58.7 Å². The zero-order valence-electron chi connectivity index (χ0n) is 36.7. The van der Waals surface area contributed by atoms with Crippen molar-refractivity contribution in [2.75, 3.05) is 9.80 Å². The van der Waals surface area contributed by atoms with E-state index in [1.165, 1.54) is 0 Å². The monoisotopic (exact) mass is 959 g/mol. The lowest BCUT2D eigenvalue weighted by molar-refractivity contribution is 0.460. The largest absolute Gasteiger partial charge is 0.456 e. The van der Waals surface area contributed by atoms with E-state index in [9.17, 15) is 0 Å². The first kappa shape index (κ1) is 44.6. The highest BCUT2D eigenvalue weighted by atomic mass is 35.5. The molecule has 0 atom stereocenters. The Kier molecular flexibility index (Phi) is 13.4. The predicted octanol–water partition coefficient (Wildman–Crippen LogP) is 18.8. The molecule has 0 N–H and O–H groups in total. The maximum atomic E-state index is 7.98. The van der Waals surface area contributed by atoms with Crippen LogP contribution in [0, 0.1) is 0 Å². The van der Waals surface area contributed by atoms with Crippen LogP contribution in [0.2, 0.25) is 15.1 Å². The Balaban J connectivity index is 1.23. The van der Waals surface area contributed by atoms with Gasteiger partial charge in [0.15, 0.2) is 28.8 Å². The highest BCUT2D eigenvalue weighted by Crippen LogP contribution is 2.52. The molecule has 0 amide bonds. The molecule has 336 valence electrons. The van der Waals surface area contributed by atoms with Gasteiger partial charge in [-0.2, -0.15) is 0 Å². The third kappa shape index (κ3) is 10.2. The van der Waals surface area contributed by atoms with E-state index in [0.717, 1.165) is 16.9 Å². The summed E-state index contributed by atoms with van der Waals surface area (Å²) in [5.74, 6) is 4.20. The number of ether oxygens (including phenoxy) is 4. The van der Waals surface area contributed by atoms with Gasteiger partial charge in [0.05, 0.1) is 22.8 Å². The standard InChI is InChI=1S/C59H40Cl3N3O4/c60-56-51(64(42-24-10-2-11-25-42)44-36-52(66-46-28-14-4-15-29-46)57(61)53(37-44)67-47-30-16-5-17-31-47)40-50(41-22-8-1-9-23-41)63-59(56)65(43-26-12-3-13-27-43)45-38-54(68-48-32-18-6-19-33-48)58(62)55(39-45)69-49-34-20-7-21-35-49/h1-40H. The highest BCUT2D eigenvalue weighted by molar-refractivity contribution is 6.37. The van der Waals surface area contributed by atoms with Crippen molar-refractivity contribution in [2.24, 2.45) is 0 Å². The van der Waals surface area contributed by atoms with Gasteiger partial charge in [0.2, 0.25) is 0 Å². The Morgan fingerprint density at radius 1 is 0.304 bits per heavy atom. The fraction of sp³-hybridized carbons (Fsp3) is 0. The Morgan fingerprint density at radius 2 is 0.609 bits per heavy atom. The average molecular weight is 961 g/mol. The molecule has 10 rings (SSSR count). The van der Waals surface area contributed by atoms with Gasteiger partial charge in [-0.05, 0) is 78.9 Å². The lowest BCUT2D eigenvalue weighted by Gasteiger charge is -2.31. The second-order valence-electron chi connectivity index (χ2n) is 15.5. The molecule has 7 nitrogen and oxygen atoms in total. The molecule has 10 heteroatoms. The second kappa shape index (κ2) is 20.8. The van der Waals surface area contributed by atoms with Gasteiger partial charge >= 0.3 is 0 Å². The molecule has 0 unspecified atom stereocenters. The number of aromatic nitrogens is 1. The molecule has 0 aliphatic rings. The summed E-state index contributed by atoms with van der Waals surface area (Å²) in [5.41, 5.74) is 4.84. The Labute approximate surface area is 415 Å². The number of anilines is 6. The maximum Gasteiger partial charge on any atom is 0.159 e. The van der Waals surface area contributed by atoms with E-state index >= 15 is 0 Å². The molecule has 0 aliphatic heterocycles. The quantitative estimate of drug-likeness (QED) is 0.101. The van der Waals surface area contributed by atoms with Gasteiger partial charge < -0.3 is 23.8 Å². The van der Waals surface area contributed by atoms with Gasteiger partial charge in [0.25, 0.3) is 0 Å². The summed E-state index contributed by atoms with van der Waals surface area (Å²) in [7, 11) is 0. The van der Waals surface area contributed by atoms with Crippen LogP contribution in [0.4, 0.5) is 34.3 Å². The van der Waals surface area contributed by atoms with Crippen molar-refractivity contribution in [3.05, 3.63) is 258 Å². The van der Waals surface area contributed by atoms with Crippen LogP contribution in [0.15, 0.2) is 243 Å². The van der Waals surface area contributed by atoms with Crippen LogP contribution in [0.3, 0.4) is 0 Å². The highest BCUT2D eigenvalue weighted by Gasteiger charge is 2.29. The van der Waals surface area contributed by atoms with Gasteiger partial charge in [0.1, 0.15) is 38.1 Å². The molecule has 0 saturated heterocycles. The minimum absolute atomic E-state index is 0.275. The van der Waals surface area contributed by atoms with Gasteiger partial charge in [-0.25, -0.2) is 4.98 Å². The van der Waals surface area contributed by atoms with Crippen molar-refractivity contribution in [2.45, 2.75) is 0 Å². The molecule has 10 aromatic rings. The number of para-hydroxylation sites is 6. The molecular weight excluding hydrogens is 921 g/mol. The smallest absolute Gasteiger partial charge is 0.159 e. The van der Waals surface area contributed by atoms with Crippen molar-refractivity contribution in [1.82, 2.24) is 4.98 Å². The minimum Gasteiger partial charge on any atom is -0.456 e. The normalized spacial score (nSPS) is 10.8. The Bertz CT molecular complexity index is 2980. The number of pyridine rings is 1. The van der Waals surface area contributed by atoms with E-state index in [-0.39, 0.29) is 10.0 Å². The molecule has 9 aromatic carbocycles. The molecule has 0 saturated carbocycles. The number of hydrogen-bond donors (Lipinski definition) is 0. The van der Waals surface area contributed by atoms with Crippen molar-refractivity contribution < 1.29 is 18.9 Å². The topological polar surface area (TPSA) is 56.3 Å². The molecule has 0 aliphatic carbocycles. The van der Waals surface area contributed by atoms with E-state index in [2.05, 4.69) is 0 Å². The second-order valence-corrected chi connectivity index (χ2v) is 16.7. The first-order valence-electron chi connectivity index (χ1n) is 22.0. The van der Waals surface area contributed by atoms with Crippen molar-refractivity contribution in [1.29, 1.82) is 0 Å². The third-order valence-corrected chi connectivity index (χ3v) is 12.0. The number of halogens is 3. The number of nitrogens with zero attached hydrogens (tertiary/aromatic N) is 3. The lowest BCUT2D eigenvalue weighted by atomic mass is 10.1. The molecule has 69 heavy (non-hydrogen) atoms. The van der Waals surface area contributed by atoms with Crippen LogP contribution in [0.25, 0.3) is 11.3 Å². The molecule has 1 aromatic heterocycles. The summed E-state index contributed by atoms with van der Waals surface area (Å²) < 4.78 is 26.1. The molecule has 0 spiro atoms. The fourth-order valence-electron chi connectivity index (χ4n) is 7.68. The summed E-state index contributed by atoms with van der Waals surface area (Å²) in [6.45, 7) is 0. The molecular formula is C59H40Cl3N3O4. The summed E-state index contributed by atoms with van der Waals surface area (Å²) in [4.78, 5) is 9.44. The van der Waals surface area contributed by atoms with Gasteiger partial charge in [-0.15, -0.1) is 0 Å².